The lowest BCUT2D eigenvalue weighted by molar-refractivity contribution is -0.124. The number of nitrogens with one attached hydrogen (secondary N) is 4. The maximum Gasteiger partial charge on any atom is 0.244 e. The van der Waals surface area contributed by atoms with Gasteiger partial charge in [-0.25, -0.2) is 4.39 Å². The minimum Gasteiger partial charge on any atom is -0.383 e. The van der Waals surface area contributed by atoms with Crippen LogP contribution in [0.5, 0.6) is 0 Å². The molecule has 1 saturated carbocycles. The summed E-state index contributed by atoms with van der Waals surface area (Å²) in [4.78, 5) is 16.5. The number of nitrogens with two attached hydrogens (primary N) is 1. The van der Waals surface area contributed by atoms with E-state index in [1.165, 1.54) is 18.3 Å². The first-order valence-electron chi connectivity index (χ1n) is 12.6. The largest absolute Gasteiger partial charge is 0.383 e. The zero-order chi connectivity index (χ0) is 27.9. The van der Waals surface area contributed by atoms with Crippen molar-refractivity contribution in [2.24, 2.45) is 11.1 Å². The van der Waals surface area contributed by atoms with Crippen LogP contribution in [0.25, 0.3) is 10.9 Å². The Bertz CT molecular complexity index is 1510. The van der Waals surface area contributed by atoms with Crippen molar-refractivity contribution in [3.05, 3.63) is 76.5 Å². The molecule has 1 aliphatic carbocycles. The summed E-state index contributed by atoms with van der Waals surface area (Å²) in [7, 11) is 0. The molecule has 0 bridgehead atoms. The van der Waals surface area contributed by atoms with Crippen molar-refractivity contribution in [2.45, 2.75) is 45.2 Å². The molecule has 2 aromatic carbocycles. The van der Waals surface area contributed by atoms with Gasteiger partial charge in [0.2, 0.25) is 5.91 Å². The highest BCUT2D eigenvalue weighted by Gasteiger charge is 2.54. The number of nitrogens with zero attached hydrogens (tertiary/aromatic N) is 3. The van der Waals surface area contributed by atoms with Crippen LogP contribution in [-0.4, -0.2) is 28.0 Å². The second kappa shape index (κ2) is 9.91. The standard InChI is InChI=1S/C28H30ClFN8O/c1-27(2,3)15-34-23-17(12-31)13-33-25-20(23)10-19(11-21(25)29)35-24(16-4-6-18(30)7-5-16)22-14-38(37-36-22)28(8-9-28)26(32)39/h4-7,10-11,13-14,24,35-37H,8-9,15H2,1-3H3,(H2,32,39)(H,33,34)/t24-/m0/s1. The van der Waals surface area contributed by atoms with Crippen molar-refractivity contribution in [1.82, 2.24) is 21.0 Å². The number of amides is 1. The number of aromatic nitrogens is 1. The number of carbonyl (C=O) groups excluding carboxylic acids is 1. The third-order valence-electron chi connectivity index (χ3n) is 6.90. The van der Waals surface area contributed by atoms with E-state index in [1.54, 1.807) is 29.4 Å². The number of anilines is 2. The van der Waals surface area contributed by atoms with Gasteiger partial charge in [0.25, 0.3) is 0 Å². The fraction of sp³-hybridized carbons (Fsp3) is 0.321. The molecule has 6 N–H and O–H groups in total. The minimum atomic E-state index is -0.776. The Hall–Kier alpha value is -4.07. The molecule has 202 valence electrons. The van der Waals surface area contributed by atoms with E-state index < -0.39 is 17.5 Å². The molecule has 1 aliphatic heterocycles. The first-order chi connectivity index (χ1) is 18.5. The maximum absolute atomic E-state index is 13.8. The van der Waals surface area contributed by atoms with E-state index in [2.05, 4.69) is 53.4 Å². The molecule has 1 atom stereocenters. The van der Waals surface area contributed by atoms with Crippen molar-refractivity contribution in [3.63, 3.8) is 0 Å². The lowest BCUT2D eigenvalue weighted by Gasteiger charge is -2.23. The van der Waals surface area contributed by atoms with Gasteiger partial charge in [-0.05, 0) is 48.1 Å². The van der Waals surface area contributed by atoms with Gasteiger partial charge in [0, 0.05) is 30.0 Å². The number of pyridine rings is 1. The molecule has 1 fully saturated rings. The topological polar surface area (TPSA) is 131 Å². The number of carbonyl (C=O) groups is 1. The van der Waals surface area contributed by atoms with Gasteiger partial charge in [-0.1, -0.05) is 44.5 Å². The minimum absolute atomic E-state index is 0.0288. The van der Waals surface area contributed by atoms with Crippen LogP contribution in [0.1, 0.15) is 50.8 Å². The van der Waals surface area contributed by atoms with Gasteiger partial charge in [-0.15, -0.1) is 5.53 Å². The van der Waals surface area contributed by atoms with E-state index in [0.717, 1.165) is 5.56 Å². The van der Waals surface area contributed by atoms with Gasteiger partial charge < -0.3 is 21.8 Å². The van der Waals surface area contributed by atoms with Crippen LogP contribution in [0.2, 0.25) is 5.02 Å². The molecule has 1 aromatic heterocycles. The highest BCUT2D eigenvalue weighted by atomic mass is 35.5. The third-order valence-corrected chi connectivity index (χ3v) is 7.19. The zero-order valence-corrected chi connectivity index (χ0v) is 22.7. The normalized spacial score (nSPS) is 16.7. The third kappa shape index (κ3) is 5.28. The molecular formula is C28H30ClFN8O. The Morgan fingerprint density at radius 1 is 1.31 bits per heavy atom. The van der Waals surface area contributed by atoms with Crippen LogP contribution in [0.4, 0.5) is 15.8 Å². The number of rotatable bonds is 8. The molecule has 9 nitrogen and oxygen atoms in total. The first kappa shape index (κ1) is 26.5. The van der Waals surface area contributed by atoms with Gasteiger partial charge in [-0.3, -0.25) is 14.8 Å². The number of hydrogen-bond donors (Lipinski definition) is 5. The second-order valence-corrected chi connectivity index (χ2v) is 11.6. The van der Waals surface area contributed by atoms with E-state index in [4.69, 9.17) is 17.3 Å². The molecule has 11 heteroatoms. The zero-order valence-electron chi connectivity index (χ0n) is 21.9. The van der Waals surface area contributed by atoms with Gasteiger partial charge in [-0.2, -0.15) is 5.26 Å². The molecule has 5 rings (SSSR count). The number of benzene rings is 2. The molecule has 39 heavy (non-hydrogen) atoms. The van der Waals surface area contributed by atoms with Crippen molar-refractivity contribution in [2.75, 3.05) is 17.2 Å². The quantitative estimate of drug-likeness (QED) is 0.274. The molecule has 0 unspecified atom stereocenters. The van der Waals surface area contributed by atoms with E-state index in [9.17, 15) is 14.4 Å². The van der Waals surface area contributed by atoms with Crippen LogP contribution in [0.15, 0.2) is 54.5 Å². The smallest absolute Gasteiger partial charge is 0.244 e. The average Bonchev–Trinajstić information content (AvgIpc) is 3.56. The first-order valence-corrected chi connectivity index (χ1v) is 13.0. The molecule has 3 aromatic rings. The monoisotopic (exact) mass is 548 g/mol. The highest BCUT2D eigenvalue weighted by Crippen LogP contribution is 2.43. The summed E-state index contributed by atoms with van der Waals surface area (Å²) < 4.78 is 13.8. The summed E-state index contributed by atoms with van der Waals surface area (Å²) in [6.45, 7) is 6.94. The van der Waals surface area contributed by atoms with Crippen LogP contribution in [0.3, 0.4) is 0 Å². The van der Waals surface area contributed by atoms with E-state index >= 15 is 0 Å². The van der Waals surface area contributed by atoms with Gasteiger partial charge in [0.05, 0.1) is 33.5 Å². The van der Waals surface area contributed by atoms with Crippen LogP contribution < -0.4 is 27.3 Å². The van der Waals surface area contributed by atoms with E-state index in [0.29, 0.717) is 57.9 Å². The molecular weight excluding hydrogens is 519 g/mol. The number of hydrogen-bond acceptors (Lipinski definition) is 8. The summed E-state index contributed by atoms with van der Waals surface area (Å²) in [5.74, 6) is -0.757. The van der Waals surface area contributed by atoms with Crippen molar-refractivity contribution in [1.29, 1.82) is 5.26 Å². The Labute approximate surface area is 231 Å². The molecule has 2 heterocycles. The average molecular weight is 549 g/mol. The summed E-state index contributed by atoms with van der Waals surface area (Å²) in [6, 6.07) is 11.6. The predicted octanol–water partition coefficient (Wildman–Crippen LogP) is 4.69. The Kier molecular flexibility index (Phi) is 6.74. The highest BCUT2D eigenvalue weighted by molar-refractivity contribution is 6.35. The van der Waals surface area contributed by atoms with Crippen molar-refractivity contribution >= 4 is 39.8 Å². The summed E-state index contributed by atoms with van der Waals surface area (Å²) >= 11 is 6.69. The van der Waals surface area contributed by atoms with Gasteiger partial charge in [0.1, 0.15) is 17.4 Å². The Morgan fingerprint density at radius 3 is 2.64 bits per heavy atom. The van der Waals surface area contributed by atoms with Gasteiger partial charge in [0.15, 0.2) is 0 Å². The van der Waals surface area contributed by atoms with Crippen LogP contribution in [-0.2, 0) is 4.79 Å². The lowest BCUT2D eigenvalue weighted by Crippen LogP contribution is -2.51. The fourth-order valence-electron chi connectivity index (χ4n) is 4.56. The SMILES string of the molecule is CC(C)(C)CNc1c(C#N)cnc2c(Cl)cc(N[C@H](C3=CN(C4(C(N)=O)CC4)NN3)c3ccc(F)cc3)cc12. The van der Waals surface area contributed by atoms with E-state index in [1.807, 2.05) is 6.07 Å². The fourth-order valence-corrected chi connectivity index (χ4v) is 4.83. The van der Waals surface area contributed by atoms with Crippen LogP contribution in [0, 0.1) is 22.6 Å². The number of fused-ring (bicyclic) bond motifs is 1. The molecule has 0 saturated heterocycles. The van der Waals surface area contributed by atoms with Crippen molar-refractivity contribution < 1.29 is 9.18 Å². The molecule has 0 spiro atoms. The molecule has 2 aliphatic rings. The predicted molar refractivity (Wildman–Crippen MR) is 150 cm³/mol. The molecule has 0 radical (unpaired) electrons. The number of halogens is 2. The number of nitriles is 1. The maximum atomic E-state index is 13.8. The second-order valence-electron chi connectivity index (χ2n) is 11.1. The van der Waals surface area contributed by atoms with E-state index in [-0.39, 0.29) is 11.2 Å². The van der Waals surface area contributed by atoms with Gasteiger partial charge >= 0.3 is 0 Å². The lowest BCUT2D eigenvalue weighted by atomic mass is 9.96. The van der Waals surface area contributed by atoms with Crippen LogP contribution >= 0.6 is 11.6 Å². The Balaban J connectivity index is 1.56. The number of hydrazine groups is 2. The Morgan fingerprint density at radius 2 is 2.03 bits per heavy atom. The number of primary amides is 1. The summed E-state index contributed by atoms with van der Waals surface area (Å²) in [6.07, 6.45) is 4.61. The summed E-state index contributed by atoms with van der Waals surface area (Å²) in [5, 5.41) is 19.5. The summed E-state index contributed by atoms with van der Waals surface area (Å²) in [5.41, 5.74) is 14.8. The molecule has 1 amide bonds. The van der Waals surface area contributed by atoms with Crippen molar-refractivity contribution in [3.8, 4) is 6.07 Å².